The predicted octanol–water partition coefficient (Wildman–Crippen LogP) is 2.54. The predicted molar refractivity (Wildman–Crippen MR) is 83.1 cm³/mol. The van der Waals surface area contributed by atoms with Gasteiger partial charge in [0, 0.05) is 19.6 Å². The second kappa shape index (κ2) is 6.26. The molecule has 0 bridgehead atoms. The summed E-state index contributed by atoms with van der Waals surface area (Å²) in [6.45, 7) is 4.36. The Kier molecular flexibility index (Phi) is 4.52. The molecule has 0 radical (unpaired) electrons. The van der Waals surface area contributed by atoms with Crippen molar-refractivity contribution in [2.75, 3.05) is 26.3 Å². The third-order valence-electron chi connectivity index (χ3n) is 4.17. The molecule has 1 aromatic rings. The van der Waals surface area contributed by atoms with Gasteiger partial charge < -0.3 is 14.4 Å². The Morgan fingerprint density at radius 2 is 2.36 bits per heavy atom. The van der Waals surface area contributed by atoms with Gasteiger partial charge in [-0.3, -0.25) is 4.79 Å². The van der Waals surface area contributed by atoms with Crippen molar-refractivity contribution >= 4 is 21.8 Å². The summed E-state index contributed by atoms with van der Waals surface area (Å²) in [6, 6.07) is 4.68. The van der Waals surface area contributed by atoms with Crippen LogP contribution in [0.1, 0.15) is 18.9 Å². The van der Waals surface area contributed by atoms with Gasteiger partial charge in [-0.2, -0.15) is 0 Å². The molecule has 2 atom stereocenters. The fourth-order valence-corrected chi connectivity index (χ4v) is 3.58. The van der Waals surface area contributed by atoms with Crippen LogP contribution >= 0.6 is 15.9 Å². The molecular formula is C16H19BrFNO3. The van der Waals surface area contributed by atoms with E-state index in [0.717, 1.165) is 12.0 Å². The zero-order valence-electron chi connectivity index (χ0n) is 12.5. The summed E-state index contributed by atoms with van der Waals surface area (Å²) in [5.41, 5.74) is 0.450. The van der Waals surface area contributed by atoms with E-state index in [9.17, 15) is 9.18 Å². The lowest BCUT2D eigenvalue weighted by Crippen LogP contribution is -2.57. The molecule has 4 nitrogen and oxygen atoms in total. The van der Waals surface area contributed by atoms with Crippen LogP contribution in [0.4, 0.5) is 4.39 Å². The Morgan fingerprint density at radius 1 is 1.55 bits per heavy atom. The minimum Gasteiger partial charge on any atom is -0.378 e. The first-order valence-corrected chi connectivity index (χ1v) is 8.24. The van der Waals surface area contributed by atoms with Crippen molar-refractivity contribution in [3.8, 4) is 0 Å². The summed E-state index contributed by atoms with van der Waals surface area (Å²) in [5.74, 6) is -0.279. The second-order valence-corrected chi connectivity index (χ2v) is 6.97. The Hall–Kier alpha value is -0.980. The smallest absolute Gasteiger partial charge is 0.227 e. The number of halogens is 2. The zero-order valence-corrected chi connectivity index (χ0v) is 14.1. The molecule has 2 aliphatic heterocycles. The molecule has 3 rings (SSSR count). The molecule has 2 aliphatic rings. The molecule has 0 N–H and O–H groups in total. The maximum Gasteiger partial charge on any atom is 0.227 e. The summed E-state index contributed by atoms with van der Waals surface area (Å²) >= 11 is 3.15. The van der Waals surface area contributed by atoms with Gasteiger partial charge in [-0.25, -0.2) is 4.39 Å². The van der Waals surface area contributed by atoms with E-state index >= 15 is 0 Å². The number of hydrogen-bond donors (Lipinski definition) is 0. The topological polar surface area (TPSA) is 38.8 Å². The normalized spacial score (nSPS) is 28.3. The SMILES string of the molecule is C[C@@H]1CN(C(=O)Cc2ccc(F)c(Br)c2)C[C@@]2(CCOC2)O1. The van der Waals surface area contributed by atoms with Gasteiger partial charge in [0.1, 0.15) is 11.4 Å². The van der Waals surface area contributed by atoms with Crippen LogP contribution in [0.15, 0.2) is 22.7 Å². The second-order valence-electron chi connectivity index (χ2n) is 6.11. The molecule has 0 saturated carbocycles. The summed E-state index contributed by atoms with van der Waals surface area (Å²) in [4.78, 5) is 14.4. The zero-order chi connectivity index (χ0) is 15.7. The van der Waals surface area contributed by atoms with Crippen LogP contribution in [0.25, 0.3) is 0 Å². The molecule has 2 saturated heterocycles. The van der Waals surface area contributed by atoms with Gasteiger partial charge in [0.25, 0.3) is 0 Å². The number of carbonyl (C=O) groups is 1. The number of nitrogens with zero attached hydrogens (tertiary/aromatic N) is 1. The number of benzene rings is 1. The van der Waals surface area contributed by atoms with Gasteiger partial charge in [-0.15, -0.1) is 0 Å². The van der Waals surface area contributed by atoms with Crippen LogP contribution in [0.3, 0.4) is 0 Å². The van der Waals surface area contributed by atoms with E-state index in [1.54, 1.807) is 12.1 Å². The third-order valence-corrected chi connectivity index (χ3v) is 4.77. The van der Waals surface area contributed by atoms with Gasteiger partial charge >= 0.3 is 0 Å². The summed E-state index contributed by atoms with van der Waals surface area (Å²) in [7, 11) is 0. The minimum atomic E-state index is -0.350. The molecule has 0 aromatic heterocycles. The Bertz CT molecular complexity index is 575. The van der Waals surface area contributed by atoms with Crippen LogP contribution in [0, 0.1) is 5.82 Å². The van der Waals surface area contributed by atoms with Crippen LogP contribution in [-0.2, 0) is 20.7 Å². The molecule has 0 unspecified atom stereocenters. The van der Waals surface area contributed by atoms with Gasteiger partial charge in [0.15, 0.2) is 0 Å². The molecule has 120 valence electrons. The Balaban J connectivity index is 1.69. The first-order chi connectivity index (χ1) is 10.5. The first kappa shape index (κ1) is 15.9. The standard InChI is InChI=1S/C16H19BrFNO3/c1-11-8-19(9-16(22-11)4-5-21-10-16)15(20)7-12-2-3-14(18)13(17)6-12/h2-3,6,11H,4-5,7-10H2,1H3/t11-,16-/m1/s1. The van der Waals surface area contributed by atoms with Crippen molar-refractivity contribution in [3.05, 3.63) is 34.1 Å². The van der Waals surface area contributed by atoms with Crippen molar-refractivity contribution in [3.63, 3.8) is 0 Å². The van der Waals surface area contributed by atoms with Gasteiger partial charge in [0.05, 0.1) is 30.1 Å². The highest BCUT2D eigenvalue weighted by molar-refractivity contribution is 9.10. The van der Waals surface area contributed by atoms with Crippen LogP contribution < -0.4 is 0 Å². The van der Waals surface area contributed by atoms with Gasteiger partial charge in [-0.1, -0.05) is 6.07 Å². The van der Waals surface area contributed by atoms with Crippen molar-refractivity contribution in [2.45, 2.75) is 31.5 Å². The van der Waals surface area contributed by atoms with Crippen molar-refractivity contribution < 1.29 is 18.7 Å². The molecule has 1 aromatic carbocycles. The number of carbonyl (C=O) groups excluding carboxylic acids is 1. The molecular weight excluding hydrogens is 353 g/mol. The first-order valence-electron chi connectivity index (χ1n) is 7.45. The number of morpholine rings is 1. The Labute approximate surface area is 137 Å². The fraction of sp³-hybridized carbons (Fsp3) is 0.562. The van der Waals surface area contributed by atoms with E-state index in [2.05, 4.69) is 15.9 Å². The van der Waals surface area contributed by atoms with E-state index in [4.69, 9.17) is 9.47 Å². The molecule has 0 aliphatic carbocycles. The molecule has 22 heavy (non-hydrogen) atoms. The summed E-state index contributed by atoms with van der Waals surface area (Å²) in [5, 5.41) is 0. The number of ether oxygens (including phenoxy) is 2. The largest absolute Gasteiger partial charge is 0.378 e. The maximum absolute atomic E-state index is 13.3. The number of rotatable bonds is 2. The third kappa shape index (κ3) is 3.34. The maximum atomic E-state index is 13.3. The summed E-state index contributed by atoms with van der Waals surface area (Å²) in [6.07, 6.45) is 1.09. The quantitative estimate of drug-likeness (QED) is 0.801. The van der Waals surface area contributed by atoms with Crippen molar-refractivity contribution in [1.82, 2.24) is 4.90 Å². The lowest BCUT2D eigenvalue weighted by atomic mass is 9.98. The Morgan fingerprint density at radius 3 is 3.05 bits per heavy atom. The molecule has 2 fully saturated rings. The van der Waals surface area contributed by atoms with Crippen molar-refractivity contribution in [1.29, 1.82) is 0 Å². The lowest BCUT2D eigenvalue weighted by Gasteiger charge is -2.42. The molecule has 1 amide bonds. The van der Waals surface area contributed by atoms with Gasteiger partial charge in [0.2, 0.25) is 5.91 Å². The highest BCUT2D eigenvalue weighted by Crippen LogP contribution is 2.30. The number of amides is 1. The average molecular weight is 372 g/mol. The van der Waals surface area contributed by atoms with Crippen molar-refractivity contribution in [2.24, 2.45) is 0 Å². The average Bonchev–Trinajstić information content (AvgIpc) is 2.89. The molecule has 1 spiro atoms. The van der Waals surface area contributed by atoms with Crippen LogP contribution in [-0.4, -0.2) is 48.8 Å². The number of hydrogen-bond acceptors (Lipinski definition) is 3. The minimum absolute atomic E-state index is 0.000598. The lowest BCUT2D eigenvalue weighted by molar-refractivity contribution is -0.165. The molecule has 6 heteroatoms. The van der Waals surface area contributed by atoms with Gasteiger partial charge in [-0.05, 0) is 40.5 Å². The fourth-order valence-electron chi connectivity index (χ4n) is 3.16. The van der Waals surface area contributed by atoms with Crippen LogP contribution in [0.5, 0.6) is 0 Å². The van der Waals surface area contributed by atoms with E-state index in [-0.39, 0.29) is 29.9 Å². The summed E-state index contributed by atoms with van der Waals surface area (Å²) < 4.78 is 25.1. The molecule has 2 heterocycles. The highest BCUT2D eigenvalue weighted by atomic mass is 79.9. The van der Waals surface area contributed by atoms with Crippen LogP contribution in [0.2, 0.25) is 0 Å². The van der Waals surface area contributed by atoms with E-state index < -0.39 is 0 Å². The van der Waals surface area contributed by atoms with E-state index in [0.29, 0.717) is 30.8 Å². The van der Waals surface area contributed by atoms with E-state index in [1.807, 2.05) is 11.8 Å². The van der Waals surface area contributed by atoms with E-state index in [1.165, 1.54) is 6.07 Å². The highest BCUT2D eigenvalue weighted by Gasteiger charge is 2.43. The monoisotopic (exact) mass is 371 g/mol.